The Morgan fingerprint density at radius 1 is 1.09 bits per heavy atom. The zero-order valence-electron chi connectivity index (χ0n) is 12.3. The number of rotatable bonds is 2. The zero-order valence-corrected chi connectivity index (χ0v) is 12.3. The number of halogens is 3. The van der Waals surface area contributed by atoms with Gasteiger partial charge in [-0.05, 0) is 25.7 Å². The molecule has 0 aromatic rings. The minimum atomic E-state index is -5.00. The molecule has 1 saturated heterocycles. The lowest BCUT2D eigenvalue weighted by atomic mass is 9.80. The molecule has 1 aliphatic carbocycles. The molecule has 126 valence electrons. The zero-order chi connectivity index (χ0) is 16.4. The first-order valence-electron chi connectivity index (χ1n) is 7.61. The van der Waals surface area contributed by atoms with Gasteiger partial charge in [0.05, 0.1) is 6.10 Å². The lowest BCUT2D eigenvalue weighted by Crippen LogP contribution is -2.63. The van der Waals surface area contributed by atoms with E-state index in [1.807, 2.05) is 5.32 Å². The Morgan fingerprint density at radius 2 is 1.64 bits per heavy atom. The van der Waals surface area contributed by atoms with Crippen LogP contribution in [0.2, 0.25) is 0 Å². The van der Waals surface area contributed by atoms with Gasteiger partial charge in [0.15, 0.2) is 0 Å². The molecular formula is C14H21F3N2O3. The fraction of sp³-hybridized carbons (Fsp3) is 0.857. The number of aliphatic hydroxyl groups is 1. The molecule has 8 heteroatoms. The number of carbonyl (C=O) groups is 2. The van der Waals surface area contributed by atoms with Crippen molar-refractivity contribution in [1.29, 1.82) is 0 Å². The van der Waals surface area contributed by atoms with Crippen molar-refractivity contribution in [3.8, 4) is 0 Å². The first-order chi connectivity index (χ1) is 10.2. The van der Waals surface area contributed by atoms with Gasteiger partial charge in [-0.3, -0.25) is 9.59 Å². The summed E-state index contributed by atoms with van der Waals surface area (Å²) in [5.74, 6) is -2.50. The van der Waals surface area contributed by atoms with Crippen molar-refractivity contribution in [2.24, 2.45) is 0 Å². The molecule has 2 rings (SSSR count). The second-order valence-electron chi connectivity index (χ2n) is 6.12. The van der Waals surface area contributed by atoms with Crippen molar-refractivity contribution in [3.63, 3.8) is 0 Å². The highest BCUT2D eigenvalue weighted by molar-refractivity contribution is 5.93. The van der Waals surface area contributed by atoms with Gasteiger partial charge in [0.25, 0.3) is 0 Å². The Morgan fingerprint density at radius 3 is 2.14 bits per heavy atom. The molecule has 0 spiro atoms. The van der Waals surface area contributed by atoms with Crippen LogP contribution in [0.4, 0.5) is 13.2 Å². The molecule has 0 atom stereocenters. The molecule has 1 aliphatic heterocycles. The fourth-order valence-corrected chi connectivity index (χ4v) is 3.21. The SMILES string of the molecule is O=C(NC1(C(=O)N2CCC(O)CC2)CCCCC1)C(F)(F)F. The Kier molecular flexibility index (Phi) is 4.99. The number of amides is 2. The van der Waals surface area contributed by atoms with Gasteiger partial charge in [0.1, 0.15) is 5.54 Å². The Hall–Kier alpha value is -1.31. The molecule has 1 saturated carbocycles. The third kappa shape index (κ3) is 3.71. The average molecular weight is 322 g/mol. The standard InChI is InChI=1S/C14H21F3N2O3/c15-14(16,17)11(21)18-13(6-2-1-3-7-13)12(22)19-8-4-10(20)5-9-19/h10,20H,1-9H2,(H,18,21). The maximum absolute atomic E-state index is 12.7. The van der Waals surface area contributed by atoms with E-state index in [9.17, 15) is 27.9 Å². The molecule has 2 N–H and O–H groups in total. The van der Waals surface area contributed by atoms with E-state index in [2.05, 4.69) is 0 Å². The fourth-order valence-electron chi connectivity index (χ4n) is 3.21. The van der Waals surface area contributed by atoms with Crippen LogP contribution in [0.5, 0.6) is 0 Å². The number of likely N-dealkylation sites (tertiary alicyclic amines) is 1. The highest BCUT2D eigenvalue weighted by Crippen LogP contribution is 2.32. The number of piperidine rings is 1. The second-order valence-corrected chi connectivity index (χ2v) is 6.12. The first-order valence-corrected chi connectivity index (χ1v) is 7.61. The molecule has 2 fully saturated rings. The number of hydrogen-bond acceptors (Lipinski definition) is 3. The average Bonchev–Trinajstić information content (AvgIpc) is 2.47. The topological polar surface area (TPSA) is 69.6 Å². The summed E-state index contributed by atoms with van der Waals surface area (Å²) >= 11 is 0. The quantitative estimate of drug-likeness (QED) is 0.806. The summed E-state index contributed by atoms with van der Waals surface area (Å²) in [4.78, 5) is 25.5. The van der Waals surface area contributed by atoms with Crippen molar-refractivity contribution in [2.75, 3.05) is 13.1 Å². The predicted molar refractivity (Wildman–Crippen MR) is 71.8 cm³/mol. The number of nitrogens with zero attached hydrogens (tertiary/aromatic N) is 1. The van der Waals surface area contributed by atoms with Crippen LogP contribution in [-0.4, -0.2) is 52.7 Å². The number of nitrogens with one attached hydrogen (secondary N) is 1. The summed E-state index contributed by atoms with van der Waals surface area (Å²) in [6.07, 6.45) is -2.13. The monoisotopic (exact) mass is 322 g/mol. The second kappa shape index (κ2) is 6.44. The van der Waals surface area contributed by atoms with E-state index in [0.29, 0.717) is 38.8 Å². The molecule has 0 aromatic carbocycles. The van der Waals surface area contributed by atoms with Crippen LogP contribution in [0, 0.1) is 0 Å². The maximum Gasteiger partial charge on any atom is 0.471 e. The van der Waals surface area contributed by atoms with Crippen LogP contribution in [0.25, 0.3) is 0 Å². The predicted octanol–water partition coefficient (Wildman–Crippen LogP) is 1.35. The highest BCUT2D eigenvalue weighted by atomic mass is 19.4. The van der Waals surface area contributed by atoms with E-state index in [4.69, 9.17) is 0 Å². The van der Waals surface area contributed by atoms with Crippen molar-refractivity contribution in [2.45, 2.75) is 62.8 Å². The molecule has 5 nitrogen and oxygen atoms in total. The van der Waals surface area contributed by atoms with E-state index < -0.39 is 29.6 Å². The van der Waals surface area contributed by atoms with E-state index >= 15 is 0 Å². The van der Waals surface area contributed by atoms with Crippen LogP contribution in [0.1, 0.15) is 44.9 Å². The lowest BCUT2D eigenvalue weighted by molar-refractivity contribution is -0.177. The summed E-state index contributed by atoms with van der Waals surface area (Å²) in [6.45, 7) is 0.618. The van der Waals surface area contributed by atoms with E-state index in [-0.39, 0.29) is 12.8 Å². The largest absolute Gasteiger partial charge is 0.471 e. The Labute approximate surface area is 126 Å². The molecule has 2 amide bonds. The number of hydrogen-bond donors (Lipinski definition) is 2. The Balaban J connectivity index is 2.14. The van der Waals surface area contributed by atoms with E-state index in [1.165, 1.54) is 4.90 Å². The third-order valence-electron chi connectivity index (χ3n) is 4.48. The molecule has 1 heterocycles. The van der Waals surface area contributed by atoms with Crippen LogP contribution in [-0.2, 0) is 9.59 Å². The number of aliphatic hydroxyl groups excluding tert-OH is 1. The van der Waals surface area contributed by atoms with Crippen molar-refractivity contribution in [1.82, 2.24) is 10.2 Å². The van der Waals surface area contributed by atoms with Crippen LogP contribution >= 0.6 is 0 Å². The smallest absolute Gasteiger partial charge is 0.393 e. The van der Waals surface area contributed by atoms with Crippen LogP contribution in [0.15, 0.2) is 0 Å². The summed E-state index contributed by atoms with van der Waals surface area (Å²) < 4.78 is 37.7. The third-order valence-corrected chi connectivity index (χ3v) is 4.48. The van der Waals surface area contributed by atoms with Crippen LogP contribution < -0.4 is 5.32 Å². The van der Waals surface area contributed by atoms with Gasteiger partial charge in [-0.15, -0.1) is 0 Å². The minimum absolute atomic E-state index is 0.229. The normalized spacial score (nSPS) is 23.2. The van der Waals surface area contributed by atoms with Crippen molar-refractivity contribution in [3.05, 3.63) is 0 Å². The maximum atomic E-state index is 12.7. The summed E-state index contributed by atoms with van der Waals surface area (Å²) in [6, 6.07) is 0. The molecule has 22 heavy (non-hydrogen) atoms. The van der Waals surface area contributed by atoms with Crippen molar-refractivity contribution < 1.29 is 27.9 Å². The van der Waals surface area contributed by atoms with Gasteiger partial charge >= 0.3 is 12.1 Å². The van der Waals surface area contributed by atoms with Gasteiger partial charge in [0.2, 0.25) is 5.91 Å². The molecule has 2 aliphatic rings. The van der Waals surface area contributed by atoms with Gasteiger partial charge in [0, 0.05) is 13.1 Å². The number of alkyl halides is 3. The summed E-state index contributed by atoms with van der Waals surface area (Å²) in [7, 11) is 0. The van der Waals surface area contributed by atoms with Crippen LogP contribution in [0.3, 0.4) is 0 Å². The lowest BCUT2D eigenvalue weighted by Gasteiger charge is -2.42. The molecule has 0 aromatic heterocycles. The number of carbonyl (C=O) groups excluding carboxylic acids is 2. The molecule has 0 bridgehead atoms. The molecular weight excluding hydrogens is 301 g/mol. The van der Waals surface area contributed by atoms with Gasteiger partial charge in [-0.2, -0.15) is 13.2 Å². The first kappa shape index (κ1) is 17.1. The summed E-state index contributed by atoms with van der Waals surface area (Å²) in [5, 5.41) is 11.4. The Bertz CT molecular complexity index is 426. The van der Waals surface area contributed by atoms with E-state index in [0.717, 1.165) is 6.42 Å². The minimum Gasteiger partial charge on any atom is -0.393 e. The van der Waals surface area contributed by atoms with Gasteiger partial charge in [-0.1, -0.05) is 19.3 Å². The highest BCUT2D eigenvalue weighted by Gasteiger charge is 2.49. The van der Waals surface area contributed by atoms with Crippen molar-refractivity contribution >= 4 is 11.8 Å². The molecule has 0 unspecified atom stereocenters. The van der Waals surface area contributed by atoms with Gasteiger partial charge < -0.3 is 15.3 Å². The van der Waals surface area contributed by atoms with Gasteiger partial charge in [-0.25, -0.2) is 0 Å². The summed E-state index contributed by atoms with van der Waals surface area (Å²) in [5.41, 5.74) is -1.45. The molecule has 0 radical (unpaired) electrons. The van der Waals surface area contributed by atoms with E-state index in [1.54, 1.807) is 0 Å².